The fourth-order valence-corrected chi connectivity index (χ4v) is 1.90. The molecule has 0 bridgehead atoms. The maximum atomic E-state index is 4.20. The van der Waals surface area contributed by atoms with E-state index in [1.807, 2.05) is 18.0 Å². The van der Waals surface area contributed by atoms with E-state index in [4.69, 9.17) is 0 Å². The lowest BCUT2D eigenvalue weighted by Gasteiger charge is -1.99. The van der Waals surface area contributed by atoms with Crippen LogP contribution in [0.3, 0.4) is 0 Å². The molecule has 2 rings (SSSR count). The van der Waals surface area contributed by atoms with Gasteiger partial charge < -0.3 is 0 Å². The number of nitrogens with zero attached hydrogens (tertiary/aromatic N) is 2. The quantitative estimate of drug-likeness (QED) is 0.681. The summed E-state index contributed by atoms with van der Waals surface area (Å²) in [5, 5.41) is 1.10. The molecule has 0 fully saturated rings. The van der Waals surface area contributed by atoms with Crippen molar-refractivity contribution in [2.45, 2.75) is 11.8 Å². The Hall–Kier alpha value is -1.09. The van der Waals surface area contributed by atoms with Gasteiger partial charge in [-0.3, -0.25) is 0 Å². The molecule has 0 aliphatic heterocycles. The largest absolute Gasteiger partial charge is 0.244 e. The second-order valence-corrected chi connectivity index (χ2v) is 4.01. The van der Waals surface area contributed by atoms with Crippen molar-refractivity contribution in [3.05, 3.63) is 30.7 Å². The van der Waals surface area contributed by atoms with Crippen molar-refractivity contribution in [1.29, 1.82) is 0 Å². The van der Waals surface area contributed by atoms with Crippen LogP contribution in [0.4, 0.5) is 0 Å². The average molecular weight is 190 g/mol. The summed E-state index contributed by atoms with van der Waals surface area (Å²) in [6.07, 6.45) is 3.42. The van der Waals surface area contributed by atoms with Crippen LogP contribution in [-0.4, -0.2) is 15.7 Å². The van der Waals surface area contributed by atoms with E-state index in [-0.39, 0.29) is 0 Å². The Balaban J connectivity index is 2.49. The molecule has 0 spiro atoms. The van der Waals surface area contributed by atoms with E-state index in [9.17, 15) is 0 Å². The molecule has 1 heterocycles. The summed E-state index contributed by atoms with van der Waals surface area (Å²) >= 11 is 1.83. The fraction of sp³-hybridized carbons (Fsp3) is 0.200. The van der Waals surface area contributed by atoms with Gasteiger partial charge in [0.15, 0.2) is 0 Å². The van der Waals surface area contributed by atoms with Crippen LogP contribution in [0.1, 0.15) is 6.92 Å². The second-order valence-electron chi connectivity index (χ2n) is 2.68. The monoisotopic (exact) mass is 190 g/mol. The third kappa shape index (κ3) is 1.80. The zero-order valence-electron chi connectivity index (χ0n) is 7.40. The van der Waals surface area contributed by atoms with Crippen LogP contribution in [0.15, 0.2) is 35.6 Å². The smallest absolute Gasteiger partial charge is 0.116 e. The van der Waals surface area contributed by atoms with Crippen molar-refractivity contribution >= 4 is 22.7 Å². The minimum Gasteiger partial charge on any atom is -0.244 e. The number of hydrogen-bond donors (Lipinski definition) is 0. The van der Waals surface area contributed by atoms with E-state index in [0.29, 0.717) is 0 Å². The molecule has 13 heavy (non-hydrogen) atoms. The lowest BCUT2D eigenvalue weighted by atomic mass is 10.2. The SMILES string of the molecule is CCSc1ccc2cncnc2c1. The third-order valence-electron chi connectivity index (χ3n) is 1.79. The molecule has 0 radical (unpaired) electrons. The molecule has 2 aromatic rings. The number of thioether (sulfide) groups is 1. The van der Waals surface area contributed by atoms with Gasteiger partial charge in [0.05, 0.1) is 5.52 Å². The molecule has 1 aromatic carbocycles. The summed E-state index contributed by atoms with van der Waals surface area (Å²) < 4.78 is 0. The summed E-state index contributed by atoms with van der Waals surface area (Å²) in [6, 6.07) is 6.28. The highest BCUT2D eigenvalue weighted by Crippen LogP contribution is 2.21. The molecule has 66 valence electrons. The maximum Gasteiger partial charge on any atom is 0.116 e. The normalized spacial score (nSPS) is 10.5. The van der Waals surface area contributed by atoms with Crippen LogP contribution >= 0.6 is 11.8 Å². The predicted molar refractivity (Wildman–Crippen MR) is 55.9 cm³/mol. The Morgan fingerprint density at radius 2 is 2.31 bits per heavy atom. The first-order chi connectivity index (χ1) is 6.40. The Labute approximate surface area is 81.4 Å². The van der Waals surface area contributed by atoms with Crippen molar-refractivity contribution in [3.8, 4) is 0 Å². The molecule has 3 heteroatoms. The van der Waals surface area contributed by atoms with E-state index in [1.54, 1.807) is 6.33 Å². The molecule has 0 N–H and O–H groups in total. The molecule has 0 saturated carbocycles. The van der Waals surface area contributed by atoms with Crippen molar-refractivity contribution in [2.24, 2.45) is 0 Å². The Bertz CT molecular complexity index is 414. The first-order valence-corrected chi connectivity index (χ1v) is 5.21. The summed E-state index contributed by atoms with van der Waals surface area (Å²) in [6.45, 7) is 2.15. The van der Waals surface area contributed by atoms with E-state index in [1.165, 1.54) is 4.90 Å². The lowest BCUT2D eigenvalue weighted by Crippen LogP contribution is -1.81. The van der Waals surface area contributed by atoms with E-state index in [2.05, 4.69) is 35.1 Å². The maximum absolute atomic E-state index is 4.20. The number of rotatable bonds is 2. The predicted octanol–water partition coefficient (Wildman–Crippen LogP) is 2.74. The first-order valence-electron chi connectivity index (χ1n) is 4.22. The van der Waals surface area contributed by atoms with Gasteiger partial charge >= 0.3 is 0 Å². The van der Waals surface area contributed by atoms with E-state index in [0.717, 1.165) is 16.7 Å². The van der Waals surface area contributed by atoms with Gasteiger partial charge in [0.25, 0.3) is 0 Å². The van der Waals surface area contributed by atoms with Gasteiger partial charge in [-0.25, -0.2) is 9.97 Å². The molecule has 0 unspecified atom stereocenters. The van der Waals surface area contributed by atoms with Crippen molar-refractivity contribution in [2.75, 3.05) is 5.75 Å². The van der Waals surface area contributed by atoms with Gasteiger partial charge in [-0.2, -0.15) is 0 Å². The van der Waals surface area contributed by atoms with Gasteiger partial charge in [-0.1, -0.05) is 13.0 Å². The molecule has 2 nitrogen and oxygen atoms in total. The number of fused-ring (bicyclic) bond motifs is 1. The number of aromatic nitrogens is 2. The van der Waals surface area contributed by atoms with Crippen LogP contribution in [0.25, 0.3) is 10.9 Å². The van der Waals surface area contributed by atoms with E-state index < -0.39 is 0 Å². The minimum absolute atomic E-state index is 1.02. The van der Waals surface area contributed by atoms with Crippen molar-refractivity contribution < 1.29 is 0 Å². The molecular formula is C10H10N2S. The molecule has 1 aromatic heterocycles. The second kappa shape index (κ2) is 3.75. The highest BCUT2D eigenvalue weighted by atomic mass is 32.2. The average Bonchev–Trinajstić information content (AvgIpc) is 2.18. The molecule has 0 saturated heterocycles. The first kappa shape index (κ1) is 8.51. The molecule has 0 atom stereocenters. The highest BCUT2D eigenvalue weighted by Gasteiger charge is 1.96. The van der Waals surface area contributed by atoms with Crippen LogP contribution in [0.2, 0.25) is 0 Å². The zero-order chi connectivity index (χ0) is 9.10. The van der Waals surface area contributed by atoms with Gasteiger partial charge in [0.1, 0.15) is 6.33 Å². The fourth-order valence-electron chi connectivity index (χ4n) is 1.21. The summed E-state index contributed by atoms with van der Waals surface area (Å²) in [5.41, 5.74) is 1.02. The molecular weight excluding hydrogens is 180 g/mol. The molecule has 0 aliphatic carbocycles. The Morgan fingerprint density at radius 1 is 1.38 bits per heavy atom. The Kier molecular flexibility index (Phi) is 2.45. The van der Waals surface area contributed by atoms with Crippen molar-refractivity contribution in [1.82, 2.24) is 9.97 Å². The summed E-state index contributed by atoms with van der Waals surface area (Å²) in [5.74, 6) is 1.09. The minimum atomic E-state index is 1.02. The van der Waals surface area contributed by atoms with Gasteiger partial charge in [0.2, 0.25) is 0 Å². The van der Waals surface area contributed by atoms with Gasteiger partial charge in [-0.15, -0.1) is 11.8 Å². The van der Waals surface area contributed by atoms with Crippen LogP contribution in [0, 0.1) is 0 Å². The summed E-state index contributed by atoms with van der Waals surface area (Å²) in [7, 11) is 0. The van der Waals surface area contributed by atoms with Gasteiger partial charge in [-0.05, 0) is 17.9 Å². The standard InChI is InChI=1S/C10H10N2S/c1-2-13-9-4-3-8-6-11-7-12-10(8)5-9/h3-7H,2H2,1H3. The Morgan fingerprint density at radius 3 is 3.15 bits per heavy atom. The third-order valence-corrected chi connectivity index (χ3v) is 2.67. The molecule has 0 amide bonds. The van der Waals surface area contributed by atoms with Crippen LogP contribution in [0.5, 0.6) is 0 Å². The number of benzene rings is 1. The molecule has 0 aliphatic rings. The zero-order valence-corrected chi connectivity index (χ0v) is 8.21. The number of hydrogen-bond acceptors (Lipinski definition) is 3. The highest BCUT2D eigenvalue weighted by molar-refractivity contribution is 7.99. The van der Waals surface area contributed by atoms with E-state index >= 15 is 0 Å². The van der Waals surface area contributed by atoms with Crippen molar-refractivity contribution in [3.63, 3.8) is 0 Å². The van der Waals surface area contributed by atoms with Crippen LogP contribution in [-0.2, 0) is 0 Å². The topological polar surface area (TPSA) is 25.8 Å². The van der Waals surface area contributed by atoms with Gasteiger partial charge in [0, 0.05) is 16.5 Å². The van der Waals surface area contributed by atoms with Crippen LogP contribution < -0.4 is 0 Å². The lowest BCUT2D eigenvalue weighted by molar-refractivity contribution is 1.21. The summed E-state index contributed by atoms with van der Waals surface area (Å²) in [4.78, 5) is 9.44.